The maximum Gasteiger partial charge on any atom is 0.228 e. The second kappa shape index (κ2) is 5.89. The highest BCUT2D eigenvalue weighted by atomic mass is 16.1. The van der Waals surface area contributed by atoms with Crippen LogP contribution in [0.5, 0.6) is 0 Å². The van der Waals surface area contributed by atoms with Gasteiger partial charge >= 0.3 is 0 Å². The molecule has 1 heterocycles. The van der Waals surface area contributed by atoms with Crippen molar-refractivity contribution in [2.75, 3.05) is 18.9 Å². The number of fused-ring (bicyclic) bond motifs is 1. The molecule has 0 radical (unpaired) electrons. The summed E-state index contributed by atoms with van der Waals surface area (Å²) >= 11 is 0. The number of benzene rings is 1. The molecular weight excluding hydrogens is 238 g/mol. The van der Waals surface area contributed by atoms with Crippen molar-refractivity contribution in [1.82, 2.24) is 9.88 Å². The van der Waals surface area contributed by atoms with Gasteiger partial charge in [-0.25, -0.2) is 0 Å². The van der Waals surface area contributed by atoms with E-state index in [4.69, 9.17) is 0 Å². The van der Waals surface area contributed by atoms with E-state index in [1.807, 2.05) is 50.0 Å². The van der Waals surface area contributed by atoms with E-state index in [0.29, 0.717) is 6.54 Å². The lowest BCUT2D eigenvalue weighted by Crippen LogP contribution is -2.30. The molecule has 0 saturated heterocycles. The minimum absolute atomic E-state index is 0.00367. The van der Waals surface area contributed by atoms with Crippen molar-refractivity contribution in [2.24, 2.45) is 13.0 Å². The number of rotatable bonds is 5. The largest absolute Gasteiger partial charge is 0.348 e. The Kier molecular flexibility index (Phi) is 4.22. The molecule has 1 atom stereocenters. The Balaban J connectivity index is 2.24. The molecule has 0 fully saturated rings. The van der Waals surface area contributed by atoms with Gasteiger partial charge in [0.1, 0.15) is 0 Å². The van der Waals surface area contributed by atoms with Crippen molar-refractivity contribution in [3.05, 3.63) is 30.5 Å². The molecule has 4 heteroatoms. The lowest BCUT2D eigenvalue weighted by Gasteiger charge is -2.13. The van der Waals surface area contributed by atoms with E-state index < -0.39 is 0 Å². The Labute approximate surface area is 113 Å². The molecule has 1 unspecified atom stereocenters. The zero-order chi connectivity index (χ0) is 13.8. The number of nitrogens with one attached hydrogen (secondary N) is 2. The maximum absolute atomic E-state index is 12.2. The van der Waals surface area contributed by atoms with Gasteiger partial charge in [-0.05, 0) is 19.5 Å². The lowest BCUT2D eigenvalue weighted by atomic mass is 10.1. The van der Waals surface area contributed by atoms with Crippen molar-refractivity contribution in [3.63, 3.8) is 0 Å². The monoisotopic (exact) mass is 259 g/mol. The van der Waals surface area contributed by atoms with E-state index in [9.17, 15) is 4.79 Å². The van der Waals surface area contributed by atoms with Crippen molar-refractivity contribution >= 4 is 22.5 Å². The summed E-state index contributed by atoms with van der Waals surface area (Å²) in [7, 11) is 3.86. The third kappa shape index (κ3) is 2.79. The van der Waals surface area contributed by atoms with Crippen molar-refractivity contribution in [2.45, 2.75) is 13.3 Å². The fraction of sp³-hybridized carbons (Fsp3) is 0.400. The maximum atomic E-state index is 12.2. The molecule has 0 aliphatic rings. The van der Waals surface area contributed by atoms with Gasteiger partial charge in [0.25, 0.3) is 0 Å². The molecule has 0 aliphatic carbocycles. The normalized spacial score (nSPS) is 12.6. The second-order valence-electron chi connectivity index (χ2n) is 4.82. The SMILES string of the molecule is CCC(CNC)C(=O)Nc1cn(C)c2ccccc12. The first-order valence-corrected chi connectivity index (χ1v) is 6.67. The van der Waals surface area contributed by atoms with Crippen molar-refractivity contribution < 1.29 is 4.79 Å². The number of anilines is 1. The van der Waals surface area contributed by atoms with Crippen LogP contribution in [-0.4, -0.2) is 24.1 Å². The number of amides is 1. The molecule has 0 saturated carbocycles. The molecule has 102 valence electrons. The number of aryl methyl sites for hydroxylation is 1. The Morgan fingerprint density at radius 1 is 1.37 bits per heavy atom. The van der Waals surface area contributed by atoms with Gasteiger partial charge in [-0.1, -0.05) is 25.1 Å². The van der Waals surface area contributed by atoms with Gasteiger partial charge in [0.15, 0.2) is 0 Å². The van der Waals surface area contributed by atoms with Gasteiger partial charge in [-0.2, -0.15) is 0 Å². The molecule has 19 heavy (non-hydrogen) atoms. The molecule has 2 rings (SSSR count). The Morgan fingerprint density at radius 3 is 2.79 bits per heavy atom. The number of nitrogens with zero attached hydrogens (tertiary/aromatic N) is 1. The fourth-order valence-electron chi connectivity index (χ4n) is 2.34. The summed E-state index contributed by atoms with van der Waals surface area (Å²) in [5.41, 5.74) is 2.01. The second-order valence-corrected chi connectivity index (χ2v) is 4.82. The average molecular weight is 259 g/mol. The predicted octanol–water partition coefficient (Wildman–Crippen LogP) is 2.36. The van der Waals surface area contributed by atoms with Crippen LogP contribution in [0.1, 0.15) is 13.3 Å². The predicted molar refractivity (Wildman–Crippen MR) is 79.3 cm³/mol. The van der Waals surface area contributed by atoms with Crippen LogP contribution >= 0.6 is 0 Å². The quantitative estimate of drug-likeness (QED) is 0.866. The molecular formula is C15H21N3O. The molecule has 1 amide bonds. The third-order valence-electron chi connectivity index (χ3n) is 3.47. The van der Waals surface area contributed by atoms with Crippen LogP contribution in [-0.2, 0) is 11.8 Å². The van der Waals surface area contributed by atoms with Gasteiger partial charge in [0, 0.05) is 30.7 Å². The standard InChI is InChI=1S/C15H21N3O/c1-4-11(9-16-2)15(19)17-13-10-18(3)14-8-6-5-7-12(13)14/h5-8,10-11,16H,4,9H2,1-3H3,(H,17,19). The zero-order valence-electron chi connectivity index (χ0n) is 11.7. The fourth-order valence-corrected chi connectivity index (χ4v) is 2.34. The Hall–Kier alpha value is -1.81. The lowest BCUT2D eigenvalue weighted by molar-refractivity contribution is -0.119. The molecule has 0 spiro atoms. The van der Waals surface area contributed by atoms with E-state index in [0.717, 1.165) is 23.0 Å². The molecule has 4 nitrogen and oxygen atoms in total. The molecule has 0 aliphatic heterocycles. The number of hydrogen-bond acceptors (Lipinski definition) is 2. The highest BCUT2D eigenvalue weighted by Gasteiger charge is 2.17. The minimum Gasteiger partial charge on any atom is -0.348 e. The van der Waals surface area contributed by atoms with E-state index >= 15 is 0 Å². The van der Waals surface area contributed by atoms with Crippen molar-refractivity contribution in [1.29, 1.82) is 0 Å². The van der Waals surface area contributed by atoms with Crippen molar-refractivity contribution in [3.8, 4) is 0 Å². The smallest absolute Gasteiger partial charge is 0.228 e. The van der Waals surface area contributed by atoms with Gasteiger partial charge in [0.2, 0.25) is 5.91 Å². The molecule has 2 N–H and O–H groups in total. The third-order valence-corrected chi connectivity index (χ3v) is 3.47. The molecule has 2 aromatic rings. The van der Waals surface area contributed by atoms with Crippen LogP contribution in [0.15, 0.2) is 30.5 Å². The number of carbonyl (C=O) groups is 1. The van der Waals surface area contributed by atoms with Gasteiger partial charge < -0.3 is 15.2 Å². The number of para-hydroxylation sites is 1. The molecule has 1 aromatic carbocycles. The van der Waals surface area contributed by atoms with Gasteiger partial charge in [0.05, 0.1) is 11.6 Å². The topological polar surface area (TPSA) is 46.1 Å². The van der Waals surface area contributed by atoms with E-state index in [1.165, 1.54) is 0 Å². The van der Waals surface area contributed by atoms with Gasteiger partial charge in [-0.15, -0.1) is 0 Å². The van der Waals surface area contributed by atoms with Crippen LogP contribution in [0.4, 0.5) is 5.69 Å². The summed E-state index contributed by atoms with van der Waals surface area (Å²) in [6, 6.07) is 8.08. The zero-order valence-corrected chi connectivity index (χ0v) is 11.7. The number of aromatic nitrogens is 1. The summed E-state index contributed by atoms with van der Waals surface area (Å²) < 4.78 is 2.03. The molecule has 0 bridgehead atoms. The van der Waals surface area contributed by atoms with Gasteiger partial charge in [-0.3, -0.25) is 4.79 Å². The van der Waals surface area contributed by atoms with Crippen LogP contribution in [0.3, 0.4) is 0 Å². The Morgan fingerprint density at radius 2 is 2.11 bits per heavy atom. The first-order valence-electron chi connectivity index (χ1n) is 6.67. The summed E-state index contributed by atoms with van der Waals surface area (Å²) in [4.78, 5) is 12.2. The van der Waals surface area contributed by atoms with Crippen LogP contribution in [0, 0.1) is 5.92 Å². The van der Waals surface area contributed by atoms with E-state index in [2.05, 4.69) is 16.7 Å². The van der Waals surface area contributed by atoms with E-state index in [-0.39, 0.29) is 11.8 Å². The van der Waals surface area contributed by atoms with Crippen LogP contribution < -0.4 is 10.6 Å². The Bertz CT molecular complexity index is 574. The first-order chi connectivity index (χ1) is 9.17. The highest BCUT2D eigenvalue weighted by molar-refractivity contribution is 6.02. The molecule has 1 aromatic heterocycles. The average Bonchev–Trinajstić information content (AvgIpc) is 2.73. The minimum atomic E-state index is 0.00367. The first kappa shape index (κ1) is 13.6. The summed E-state index contributed by atoms with van der Waals surface area (Å²) in [6.07, 6.45) is 2.80. The highest BCUT2D eigenvalue weighted by Crippen LogP contribution is 2.25. The van der Waals surface area contributed by atoms with E-state index in [1.54, 1.807) is 0 Å². The number of hydrogen-bond donors (Lipinski definition) is 2. The summed E-state index contributed by atoms with van der Waals surface area (Å²) in [6.45, 7) is 2.73. The number of carbonyl (C=O) groups excluding carboxylic acids is 1. The summed E-state index contributed by atoms with van der Waals surface area (Å²) in [5.74, 6) is 0.0807. The van der Waals surface area contributed by atoms with Crippen LogP contribution in [0.25, 0.3) is 10.9 Å². The van der Waals surface area contributed by atoms with Crippen LogP contribution in [0.2, 0.25) is 0 Å². The summed E-state index contributed by atoms with van der Waals surface area (Å²) in [5, 5.41) is 7.18.